The minimum atomic E-state index is 0.163. The zero-order valence-electron chi connectivity index (χ0n) is 9.39. The second-order valence-electron chi connectivity index (χ2n) is 3.98. The van der Waals surface area contributed by atoms with E-state index in [1.54, 1.807) is 18.6 Å². The summed E-state index contributed by atoms with van der Waals surface area (Å²) in [5, 5.41) is 3.22. The van der Waals surface area contributed by atoms with Crippen LogP contribution in [-0.4, -0.2) is 39.9 Å². The average molecular weight is 220 g/mol. The zero-order valence-corrected chi connectivity index (χ0v) is 9.39. The molecular weight excluding hydrogens is 204 g/mol. The summed E-state index contributed by atoms with van der Waals surface area (Å²) in [5.74, 6) is 0.960. The number of hydrogen-bond donors (Lipinski definition) is 1. The van der Waals surface area contributed by atoms with Gasteiger partial charge in [0.15, 0.2) is 0 Å². The quantitative estimate of drug-likeness (QED) is 0.819. The topological polar surface area (TPSA) is 58.1 Å². The van der Waals surface area contributed by atoms with Crippen LogP contribution in [0.25, 0.3) is 0 Å². The van der Waals surface area contributed by atoms with Crippen LogP contribution < -0.4 is 5.32 Å². The smallest absolute Gasteiger partial charge is 0.224 e. The molecular formula is C11H16N4O. The van der Waals surface area contributed by atoms with Crippen molar-refractivity contribution >= 4 is 11.7 Å². The lowest BCUT2D eigenvalue weighted by Gasteiger charge is -2.15. The van der Waals surface area contributed by atoms with Crippen molar-refractivity contribution in [3.63, 3.8) is 0 Å². The molecule has 0 radical (unpaired) electrons. The molecule has 0 aliphatic carbocycles. The van der Waals surface area contributed by atoms with Gasteiger partial charge in [-0.1, -0.05) is 6.92 Å². The van der Waals surface area contributed by atoms with Crippen LogP contribution in [0.5, 0.6) is 0 Å². The Bertz CT molecular complexity index is 354. The van der Waals surface area contributed by atoms with Gasteiger partial charge in [-0.05, 0) is 6.42 Å². The van der Waals surface area contributed by atoms with Crippen LogP contribution in [0.15, 0.2) is 18.6 Å². The Labute approximate surface area is 94.9 Å². The molecule has 2 heterocycles. The number of anilines is 1. The molecule has 1 fully saturated rings. The maximum absolute atomic E-state index is 11.6. The predicted octanol–water partition coefficient (Wildman–Crippen LogP) is 0.899. The normalized spacial score (nSPS) is 20.2. The molecule has 1 aliphatic rings. The van der Waals surface area contributed by atoms with E-state index in [9.17, 15) is 4.79 Å². The first-order valence-electron chi connectivity index (χ1n) is 5.60. The molecule has 5 heteroatoms. The molecule has 1 unspecified atom stereocenters. The fourth-order valence-electron chi connectivity index (χ4n) is 1.94. The van der Waals surface area contributed by atoms with Gasteiger partial charge in [0, 0.05) is 31.9 Å². The van der Waals surface area contributed by atoms with Crippen molar-refractivity contribution in [2.24, 2.45) is 0 Å². The SMILES string of the molecule is CCCN1CC(Nc2cnccn2)CC1=O. The standard InChI is InChI=1S/C11H16N4O/c1-2-5-15-8-9(6-11(15)16)14-10-7-12-3-4-13-10/h3-4,7,9H,2,5-6,8H2,1H3,(H,13,14). The summed E-state index contributed by atoms with van der Waals surface area (Å²) in [6, 6.07) is 0.163. The van der Waals surface area contributed by atoms with Gasteiger partial charge in [0.1, 0.15) is 5.82 Å². The van der Waals surface area contributed by atoms with Crippen molar-refractivity contribution in [2.45, 2.75) is 25.8 Å². The third-order valence-electron chi connectivity index (χ3n) is 2.62. The number of aromatic nitrogens is 2. The number of rotatable bonds is 4. The number of carbonyl (C=O) groups excluding carboxylic acids is 1. The van der Waals surface area contributed by atoms with Gasteiger partial charge in [0.05, 0.1) is 12.2 Å². The maximum Gasteiger partial charge on any atom is 0.224 e. The van der Waals surface area contributed by atoms with Crippen LogP contribution in [0.4, 0.5) is 5.82 Å². The van der Waals surface area contributed by atoms with Gasteiger partial charge in [-0.15, -0.1) is 0 Å². The van der Waals surface area contributed by atoms with E-state index in [0.29, 0.717) is 6.42 Å². The molecule has 86 valence electrons. The van der Waals surface area contributed by atoms with Crippen LogP contribution >= 0.6 is 0 Å². The third-order valence-corrected chi connectivity index (χ3v) is 2.62. The molecule has 1 aromatic rings. The summed E-state index contributed by atoms with van der Waals surface area (Å²) >= 11 is 0. The summed E-state index contributed by atoms with van der Waals surface area (Å²) in [6.07, 6.45) is 6.50. The number of nitrogens with zero attached hydrogens (tertiary/aromatic N) is 3. The van der Waals surface area contributed by atoms with E-state index >= 15 is 0 Å². The third kappa shape index (κ3) is 2.48. The summed E-state index contributed by atoms with van der Waals surface area (Å²) in [7, 11) is 0. The van der Waals surface area contributed by atoms with E-state index in [2.05, 4.69) is 22.2 Å². The maximum atomic E-state index is 11.6. The average Bonchev–Trinajstić information content (AvgIpc) is 2.61. The van der Waals surface area contributed by atoms with Gasteiger partial charge >= 0.3 is 0 Å². The highest BCUT2D eigenvalue weighted by atomic mass is 16.2. The number of nitrogens with one attached hydrogen (secondary N) is 1. The summed E-state index contributed by atoms with van der Waals surface area (Å²) < 4.78 is 0. The lowest BCUT2D eigenvalue weighted by Crippen LogP contribution is -2.28. The molecule has 1 N–H and O–H groups in total. The number of amides is 1. The molecule has 1 saturated heterocycles. The van der Waals surface area contributed by atoms with Gasteiger partial charge in [-0.2, -0.15) is 0 Å². The molecule has 1 aliphatic heterocycles. The monoisotopic (exact) mass is 220 g/mol. The minimum absolute atomic E-state index is 0.163. The van der Waals surface area contributed by atoms with E-state index in [-0.39, 0.29) is 11.9 Å². The fraction of sp³-hybridized carbons (Fsp3) is 0.545. The highest BCUT2D eigenvalue weighted by Crippen LogP contribution is 2.15. The Morgan fingerprint density at radius 1 is 1.56 bits per heavy atom. The van der Waals surface area contributed by atoms with Gasteiger partial charge in [0.25, 0.3) is 0 Å². The highest BCUT2D eigenvalue weighted by molar-refractivity contribution is 5.79. The Hall–Kier alpha value is -1.65. The molecule has 0 bridgehead atoms. The van der Waals surface area contributed by atoms with Crippen LogP contribution in [0.1, 0.15) is 19.8 Å². The van der Waals surface area contributed by atoms with Crippen molar-refractivity contribution in [2.75, 3.05) is 18.4 Å². The number of hydrogen-bond acceptors (Lipinski definition) is 4. The van der Waals surface area contributed by atoms with E-state index < -0.39 is 0 Å². The lowest BCUT2D eigenvalue weighted by atomic mass is 10.2. The minimum Gasteiger partial charge on any atom is -0.364 e. The highest BCUT2D eigenvalue weighted by Gasteiger charge is 2.28. The van der Waals surface area contributed by atoms with Gasteiger partial charge < -0.3 is 10.2 Å². The van der Waals surface area contributed by atoms with E-state index in [1.165, 1.54) is 0 Å². The van der Waals surface area contributed by atoms with E-state index in [1.807, 2.05) is 4.90 Å². The Balaban J connectivity index is 1.91. The van der Waals surface area contributed by atoms with Crippen LogP contribution in [0.2, 0.25) is 0 Å². The molecule has 1 aromatic heterocycles. The predicted molar refractivity (Wildman–Crippen MR) is 60.9 cm³/mol. The van der Waals surface area contributed by atoms with E-state index in [0.717, 1.165) is 25.3 Å². The van der Waals surface area contributed by atoms with Crippen LogP contribution in [0, 0.1) is 0 Å². The second kappa shape index (κ2) is 4.92. The molecule has 0 aromatic carbocycles. The summed E-state index contributed by atoms with van der Waals surface area (Å²) in [4.78, 5) is 21.6. The number of carbonyl (C=O) groups is 1. The Morgan fingerprint density at radius 3 is 3.12 bits per heavy atom. The van der Waals surface area contributed by atoms with Crippen molar-refractivity contribution in [1.29, 1.82) is 0 Å². The number of likely N-dealkylation sites (tertiary alicyclic amines) is 1. The molecule has 5 nitrogen and oxygen atoms in total. The Morgan fingerprint density at radius 2 is 2.44 bits per heavy atom. The summed E-state index contributed by atoms with van der Waals surface area (Å²) in [5.41, 5.74) is 0. The first kappa shape index (κ1) is 10.9. The van der Waals surface area contributed by atoms with E-state index in [4.69, 9.17) is 0 Å². The largest absolute Gasteiger partial charge is 0.364 e. The molecule has 1 atom stereocenters. The van der Waals surface area contributed by atoms with Gasteiger partial charge in [-0.3, -0.25) is 9.78 Å². The first-order valence-corrected chi connectivity index (χ1v) is 5.60. The van der Waals surface area contributed by atoms with Crippen LogP contribution in [-0.2, 0) is 4.79 Å². The molecule has 16 heavy (non-hydrogen) atoms. The molecule has 0 spiro atoms. The molecule has 1 amide bonds. The van der Waals surface area contributed by atoms with Crippen molar-refractivity contribution < 1.29 is 4.79 Å². The van der Waals surface area contributed by atoms with Crippen LogP contribution in [0.3, 0.4) is 0 Å². The van der Waals surface area contributed by atoms with Gasteiger partial charge in [-0.25, -0.2) is 4.98 Å². The Kier molecular flexibility index (Phi) is 3.34. The van der Waals surface area contributed by atoms with Gasteiger partial charge in [0.2, 0.25) is 5.91 Å². The zero-order chi connectivity index (χ0) is 11.4. The van der Waals surface area contributed by atoms with Crippen molar-refractivity contribution in [3.05, 3.63) is 18.6 Å². The summed E-state index contributed by atoms with van der Waals surface area (Å²) in [6.45, 7) is 3.69. The second-order valence-corrected chi connectivity index (χ2v) is 3.98. The lowest BCUT2D eigenvalue weighted by molar-refractivity contribution is -0.127. The first-order chi connectivity index (χ1) is 7.79. The van der Waals surface area contributed by atoms with Crippen molar-refractivity contribution in [3.8, 4) is 0 Å². The van der Waals surface area contributed by atoms with Crippen molar-refractivity contribution in [1.82, 2.24) is 14.9 Å². The fourth-order valence-corrected chi connectivity index (χ4v) is 1.94. The molecule has 2 rings (SSSR count). The molecule has 0 saturated carbocycles.